The van der Waals surface area contributed by atoms with E-state index in [0.29, 0.717) is 13.0 Å². The summed E-state index contributed by atoms with van der Waals surface area (Å²) in [6.07, 6.45) is -3.59. The molecule has 0 aliphatic carbocycles. The van der Waals surface area contributed by atoms with Crippen molar-refractivity contribution in [2.45, 2.75) is 33.4 Å². The molecule has 0 aliphatic heterocycles. The molecule has 1 nitrogen and oxygen atoms in total. The molecule has 2 aromatic carbocycles. The molecule has 1 N–H and O–H groups in total. The number of anilines is 1. The van der Waals surface area contributed by atoms with Crippen LogP contribution in [-0.4, -0.2) is 6.54 Å². The Morgan fingerprint density at radius 1 is 0.909 bits per heavy atom. The Kier molecular flexibility index (Phi) is 4.79. The summed E-state index contributed by atoms with van der Waals surface area (Å²) < 4.78 is 37.5. The molecule has 0 bridgehead atoms. The molecule has 0 unspecified atom stereocenters. The lowest BCUT2D eigenvalue weighted by molar-refractivity contribution is -0.137. The fourth-order valence-electron chi connectivity index (χ4n) is 2.65. The van der Waals surface area contributed by atoms with Crippen molar-refractivity contribution in [2.75, 3.05) is 11.9 Å². The summed E-state index contributed by atoms with van der Waals surface area (Å²) in [4.78, 5) is 0. The molecule has 4 heteroatoms. The largest absolute Gasteiger partial charge is 0.416 e. The third kappa shape index (κ3) is 4.03. The standard InChI is InChI=1S/C18H20F3N/c1-12-10-13(2)17(14(3)11-12)22-9-8-15-4-6-16(7-5-15)18(19,20)21/h4-7,10-11,22H,8-9H2,1-3H3. The number of aryl methyl sites for hydroxylation is 3. The van der Waals surface area contributed by atoms with Crippen LogP contribution in [0.25, 0.3) is 0 Å². The van der Waals surface area contributed by atoms with Gasteiger partial charge in [-0.2, -0.15) is 13.2 Å². The van der Waals surface area contributed by atoms with E-state index in [0.717, 1.165) is 23.4 Å². The van der Waals surface area contributed by atoms with Crippen LogP contribution in [0.15, 0.2) is 36.4 Å². The number of alkyl halides is 3. The highest BCUT2D eigenvalue weighted by Crippen LogP contribution is 2.29. The van der Waals surface area contributed by atoms with Gasteiger partial charge in [0.1, 0.15) is 0 Å². The van der Waals surface area contributed by atoms with Gasteiger partial charge in [-0.05, 0) is 56.0 Å². The van der Waals surface area contributed by atoms with E-state index in [1.165, 1.54) is 16.7 Å². The number of hydrogen-bond acceptors (Lipinski definition) is 1. The Morgan fingerprint density at radius 2 is 1.45 bits per heavy atom. The van der Waals surface area contributed by atoms with Gasteiger partial charge in [-0.25, -0.2) is 0 Å². The molecule has 0 saturated heterocycles. The van der Waals surface area contributed by atoms with E-state index in [9.17, 15) is 13.2 Å². The normalized spacial score (nSPS) is 11.5. The summed E-state index contributed by atoms with van der Waals surface area (Å²) in [7, 11) is 0. The smallest absolute Gasteiger partial charge is 0.384 e. The SMILES string of the molecule is Cc1cc(C)c(NCCc2ccc(C(F)(F)F)cc2)c(C)c1. The zero-order valence-electron chi connectivity index (χ0n) is 13.0. The highest BCUT2D eigenvalue weighted by molar-refractivity contribution is 5.58. The molecule has 0 saturated carbocycles. The number of halogens is 3. The Hall–Kier alpha value is -1.97. The number of nitrogens with one attached hydrogen (secondary N) is 1. The lowest BCUT2D eigenvalue weighted by Gasteiger charge is -2.14. The van der Waals surface area contributed by atoms with E-state index in [2.05, 4.69) is 38.2 Å². The van der Waals surface area contributed by atoms with Crippen LogP contribution < -0.4 is 5.32 Å². The second kappa shape index (κ2) is 6.42. The molecule has 0 aliphatic rings. The van der Waals surface area contributed by atoms with Crippen LogP contribution in [0.1, 0.15) is 27.8 Å². The predicted octanol–water partition coefficient (Wildman–Crippen LogP) is 5.29. The maximum Gasteiger partial charge on any atom is 0.416 e. The van der Waals surface area contributed by atoms with Crippen LogP contribution in [0, 0.1) is 20.8 Å². The molecule has 22 heavy (non-hydrogen) atoms. The minimum absolute atomic E-state index is 0.602. The van der Waals surface area contributed by atoms with Gasteiger partial charge < -0.3 is 5.32 Å². The summed E-state index contributed by atoms with van der Waals surface area (Å²) in [6, 6.07) is 9.59. The number of rotatable bonds is 4. The van der Waals surface area contributed by atoms with E-state index in [-0.39, 0.29) is 0 Å². The molecule has 0 fully saturated rings. The lowest BCUT2D eigenvalue weighted by Crippen LogP contribution is -2.08. The van der Waals surface area contributed by atoms with Crippen molar-refractivity contribution in [3.05, 3.63) is 64.2 Å². The fraction of sp³-hybridized carbons (Fsp3) is 0.333. The first kappa shape index (κ1) is 16.4. The first-order chi connectivity index (χ1) is 10.3. The minimum atomic E-state index is -4.27. The van der Waals surface area contributed by atoms with Gasteiger partial charge in [-0.15, -0.1) is 0 Å². The van der Waals surface area contributed by atoms with E-state index in [1.54, 1.807) is 12.1 Å². The summed E-state index contributed by atoms with van der Waals surface area (Å²) in [5, 5.41) is 3.38. The second-order valence-corrected chi connectivity index (χ2v) is 5.65. The zero-order valence-corrected chi connectivity index (χ0v) is 13.0. The third-order valence-electron chi connectivity index (χ3n) is 3.67. The molecule has 0 amide bonds. The van der Waals surface area contributed by atoms with Gasteiger partial charge in [0.15, 0.2) is 0 Å². The molecule has 0 spiro atoms. The molecule has 0 heterocycles. The molecule has 0 aromatic heterocycles. The van der Waals surface area contributed by atoms with Gasteiger partial charge in [0, 0.05) is 12.2 Å². The first-order valence-corrected chi connectivity index (χ1v) is 7.25. The molecule has 2 rings (SSSR count). The summed E-state index contributed by atoms with van der Waals surface area (Å²) >= 11 is 0. The van der Waals surface area contributed by atoms with Crippen LogP contribution in [0.4, 0.5) is 18.9 Å². The molecule has 0 atom stereocenters. The van der Waals surface area contributed by atoms with Crippen molar-refractivity contribution in [3.8, 4) is 0 Å². The van der Waals surface area contributed by atoms with Gasteiger partial charge in [-0.1, -0.05) is 29.8 Å². The topological polar surface area (TPSA) is 12.0 Å². The third-order valence-corrected chi connectivity index (χ3v) is 3.67. The van der Waals surface area contributed by atoms with Gasteiger partial charge >= 0.3 is 6.18 Å². The highest BCUT2D eigenvalue weighted by Gasteiger charge is 2.29. The summed E-state index contributed by atoms with van der Waals surface area (Å²) in [6.45, 7) is 6.86. The van der Waals surface area contributed by atoms with Crippen molar-refractivity contribution >= 4 is 5.69 Å². The van der Waals surface area contributed by atoms with Crippen LogP contribution >= 0.6 is 0 Å². The Labute approximate surface area is 129 Å². The molecule has 0 radical (unpaired) electrons. The predicted molar refractivity (Wildman–Crippen MR) is 84.3 cm³/mol. The zero-order chi connectivity index (χ0) is 16.3. The van der Waals surface area contributed by atoms with E-state index in [1.807, 2.05) is 0 Å². The minimum Gasteiger partial charge on any atom is -0.384 e. The van der Waals surface area contributed by atoms with Crippen molar-refractivity contribution in [1.82, 2.24) is 0 Å². The average molecular weight is 307 g/mol. The Morgan fingerprint density at radius 3 is 1.95 bits per heavy atom. The van der Waals surface area contributed by atoms with Crippen LogP contribution in [0.3, 0.4) is 0 Å². The van der Waals surface area contributed by atoms with Gasteiger partial charge in [0.05, 0.1) is 5.56 Å². The summed E-state index contributed by atoms with van der Waals surface area (Å²) in [5.41, 5.74) is 4.99. The fourth-order valence-corrected chi connectivity index (χ4v) is 2.65. The van der Waals surface area contributed by atoms with Crippen LogP contribution in [-0.2, 0) is 12.6 Å². The maximum atomic E-state index is 12.5. The van der Waals surface area contributed by atoms with Gasteiger partial charge in [0.2, 0.25) is 0 Å². The van der Waals surface area contributed by atoms with Crippen molar-refractivity contribution < 1.29 is 13.2 Å². The van der Waals surface area contributed by atoms with Crippen LogP contribution in [0.5, 0.6) is 0 Å². The highest BCUT2D eigenvalue weighted by atomic mass is 19.4. The first-order valence-electron chi connectivity index (χ1n) is 7.25. The Balaban J connectivity index is 1.97. The Bertz CT molecular complexity index is 619. The van der Waals surface area contributed by atoms with E-state index >= 15 is 0 Å². The quantitative estimate of drug-likeness (QED) is 0.809. The second-order valence-electron chi connectivity index (χ2n) is 5.65. The monoisotopic (exact) mass is 307 g/mol. The average Bonchev–Trinajstić information content (AvgIpc) is 2.41. The van der Waals surface area contributed by atoms with E-state index < -0.39 is 11.7 Å². The van der Waals surface area contributed by atoms with Crippen molar-refractivity contribution in [1.29, 1.82) is 0 Å². The van der Waals surface area contributed by atoms with Crippen LogP contribution in [0.2, 0.25) is 0 Å². The maximum absolute atomic E-state index is 12.5. The molecular formula is C18H20F3N. The molecule has 2 aromatic rings. The summed E-state index contributed by atoms with van der Waals surface area (Å²) in [5.74, 6) is 0. The number of hydrogen-bond donors (Lipinski definition) is 1. The van der Waals surface area contributed by atoms with Crippen molar-refractivity contribution in [2.24, 2.45) is 0 Å². The molecular weight excluding hydrogens is 287 g/mol. The number of benzene rings is 2. The lowest BCUT2D eigenvalue weighted by atomic mass is 10.0. The van der Waals surface area contributed by atoms with Gasteiger partial charge in [-0.3, -0.25) is 0 Å². The van der Waals surface area contributed by atoms with Crippen molar-refractivity contribution in [3.63, 3.8) is 0 Å². The van der Waals surface area contributed by atoms with Gasteiger partial charge in [0.25, 0.3) is 0 Å². The molecule has 118 valence electrons. The van der Waals surface area contributed by atoms with E-state index in [4.69, 9.17) is 0 Å².